The average Bonchev–Trinajstić information content (AvgIpc) is 2.58. The monoisotopic (exact) mass is 224 g/mol. The van der Waals surface area contributed by atoms with Gasteiger partial charge in [-0.15, -0.1) is 0 Å². The maximum absolute atomic E-state index is 4.23. The summed E-state index contributed by atoms with van der Waals surface area (Å²) in [7, 11) is 1.98. The van der Waals surface area contributed by atoms with Gasteiger partial charge in [-0.05, 0) is 26.8 Å². The first-order chi connectivity index (χ1) is 7.65. The van der Waals surface area contributed by atoms with E-state index in [1.54, 1.807) is 0 Å². The molecule has 1 unspecified atom stereocenters. The van der Waals surface area contributed by atoms with Crippen LogP contribution in [0.4, 0.5) is 0 Å². The van der Waals surface area contributed by atoms with E-state index < -0.39 is 0 Å². The van der Waals surface area contributed by atoms with Crippen LogP contribution in [0.1, 0.15) is 31.5 Å². The second kappa shape index (κ2) is 6.66. The highest BCUT2D eigenvalue weighted by Crippen LogP contribution is 2.04. The summed E-state index contributed by atoms with van der Waals surface area (Å²) < 4.78 is 1.91. The van der Waals surface area contributed by atoms with Crippen molar-refractivity contribution in [3.05, 3.63) is 17.5 Å². The van der Waals surface area contributed by atoms with Crippen molar-refractivity contribution in [2.24, 2.45) is 7.05 Å². The maximum Gasteiger partial charge on any atom is 0.0537 e. The van der Waals surface area contributed by atoms with Gasteiger partial charge in [0.15, 0.2) is 0 Å². The molecule has 0 fully saturated rings. The Kier molecular flexibility index (Phi) is 5.49. The molecule has 1 heterocycles. The van der Waals surface area contributed by atoms with Crippen molar-refractivity contribution < 1.29 is 0 Å². The molecule has 0 aromatic carbocycles. The number of nitrogens with one attached hydrogen (secondary N) is 2. The molecule has 1 aromatic heterocycles. The SMILES string of the molecule is CCCNCC(C)NCc1cnn(C)c1C. The molecular formula is C12H24N4. The van der Waals surface area contributed by atoms with Gasteiger partial charge >= 0.3 is 0 Å². The summed E-state index contributed by atoms with van der Waals surface area (Å²) in [5.41, 5.74) is 2.52. The van der Waals surface area contributed by atoms with Gasteiger partial charge in [0.05, 0.1) is 6.20 Å². The molecule has 0 saturated carbocycles. The average molecular weight is 224 g/mol. The lowest BCUT2D eigenvalue weighted by Crippen LogP contribution is -2.36. The highest BCUT2D eigenvalue weighted by atomic mass is 15.3. The van der Waals surface area contributed by atoms with Crippen molar-refractivity contribution in [2.75, 3.05) is 13.1 Å². The van der Waals surface area contributed by atoms with Gasteiger partial charge in [-0.25, -0.2) is 0 Å². The summed E-state index contributed by atoms with van der Waals surface area (Å²) in [5.74, 6) is 0. The summed E-state index contributed by atoms with van der Waals surface area (Å²) in [4.78, 5) is 0. The lowest BCUT2D eigenvalue weighted by atomic mass is 10.2. The summed E-state index contributed by atoms with van der Waals surface area (Å²) >= 11 is 0. The molecule has 2 N–H and O–H groups in total. The molecule has 0 spiro atoms. The molecule has 0 aliphatic rings. The number of aryl methyl sites for hydroxylation is 1. The number of aromatic nitrogens is 2. The third kappa shape index (κ3) is 3.94. The Bertz CT molecular complexity index is 306. The van der Waals surface area contributed by atoms with E-state index in [-0.39, 0.29) is 0 Å². The van der Waals surface area contributed by atoms with Crippen molar-refractivity contribution in [2.45, 2.75) is 39.8 Å². The van der Waals surface area contributed by atoms with Gasteiger partial charge in [0.25, 0.3) is 0 Å². The predicted octanol–water partition coefficient (Wildman–Crippen LogP) is 1.21. The topological polar surface area (TPSA) is 41.9 Å². The zero-order chi connectivity index (χ0) is 12.0. The normalized spacial score (nSPS) is 13.0. The van der Waals surface area contributed by atoms with E-state index in [1.165, 1.54) is 17.7 Å². The van der Waals surface area contributed by atoms with Crippen LogP contribution in [-0.2, 0) is 13.6 Å². The third-order valence-electron chi connectivity index (χ3n) is 2.86. The Hall–Kier alpha value is -0.870. The van der Waals surface area contributed by atoms with Crippen molar-refractivity contribution in [1.82, 2.24) is 20.4 Å². The first kappa shape index (κ1) is 13.2. The fourth-order valence-corrected chi connectivity index (χ4v) is 1.57. The fourth-order valence-electron chi connectivity index (χ4n) is 1.57. The second-order valence-corrected chi connectivity index (χ2v) is 4.36. The molecule has 92 valence electrons. The van der Waals surface area contributed by atoms with Crippen LogP contribution in [0.15, 0.2) is 6.20 Å². The van der Waals surface area contributed by atoms with Gasteiger partial charge in [-0.1, -0.05) is 6.92 Å². The quantitative estimate of drug-likeness (QED) is 0.684. The van der Waals surface area contributed by atoms with Crippen LogP contribution in [0.25, 0.3) is 0 Å². The number of hydrogen-bond donors (Lipinski definition) is 2. The summed E-state index contributed by atoms with van der Waals surface area (Å²) in [6, 6.07) is 0.492. The summed E-state index contributed by atoms with van der Waals surface area (Å²) in [6.45, 7) is 9.50. The smallest absolute Gasteiger partial charge is 0.0537 e. The number of nitrogens with zero attached hydrogens (tertiary/aromatic N) is 2. The molecule has 16 heavy (non-hydrogen) atoms. The largest absolute Gasteiger partial charge is 0.315 e. The predicted molar refractivity (Wildman–Crippen MR) is 67.4 cm³/mol. The maximum atomic E-state index is 4.23. The van der Waals surface area contributed by atoms with Crippen LogP contribution < -0.4 is 10.6 Å². The van der Waals surface area contributed by atoms with Crippen LogP contribution in [0.3, 0.4) is 0 Å². The van der Waals surface area contributed by atoms with E-state index in [2.05, 4.69) is 36.5 Å². The highest BCUT2D eigenvalue weighted by Gasteiger charge is 2.05. The van der Waals surface area contributed by atoms with Gasteiger partial charge in [0.2, 0.25) is 0 Å². The lowest BCUT2D eigenvalue weighted by Gasteiger charge is -2.14. The molecule has 0 amide bonds. The molecule has 0 radical (unpaired) electrons. The van der Waals surface area contributed by atoms with Gasteiger partial charge in [-0.3, -0.25) is 4.68 Å². The van der Waals surface area contributed by atoms with Crippen molar-refractivity contribution in [3.63, 3.8) is 0 Å². The minimum absolute atomic E-state index is 0.492. The molecule has 0 saturated heterocycles. The minimum Gasteiger partial charge on any atom is -0.315 e. The van der Waals surface area contributed by atoms with Crippen LogP contribution in [-0.4, -0.2) is 28.9 Å². The first-order valence-corrected chi connectivity index (χ1v) is 6.06. The van der Waals surface area contributed by atoms with Crippen LogP contribution in [0.5, 0.6) is 0 Å². The molecule has 0 aliphatic carbocycles. The molecule has 0 aliphatic heterocycles. The molecule has 1 aromatic rings. The molecule has 4 nitrogen and oxygen atoms in total. The van der Waals surface area contributed by atoms with Gasteiger partial charge < -0.3 is 10.6 Å². The first-order valence-electron chi connectivity index (χ1n) is 6.06. The molecule has 1 rings (SSSR count). The van der Waals surface area contributed by atoms with Crippen LogP contribution in [0, 0.1) is 6.92 Å². The molecule has 0 bridgehead atoms. The summed E-state index contributed by atoms with van der Waals surface area (Å²) in [5, 5.41) is 11.1. The zero-order valence-electron chi connectivity index (χ0n) is 10.9. The molecule has 1 atom stereocenters. The zero-order valence-corrected chi connectivity index (χ0v) is 10.9. The standard InChI is InChI=1S/C12H24N4/c1-5-6-13-7-10(2)14-8-12-9-15-16(4)11(12)3/h9-10,13-14H,5-8H2,1-4H3. The lowest BCUT2D eigenvalue weighted by molar-refractivity contribution is 0.500. The van der Waals surface area contributed by atoms with E-state index in [0.29, 0.717) is 6.04 Å². The Morgan fingerprint density at radius 2 is 2.25 bits per heavy atom. The molecule has 4 heteroatoms. The fraction of sp³-hybridized carbons (Fsp3) is 0.750. The second-order valence-electron chi connectivity index (χ2n) is 4.36. The van der Waals surface area contributed by atoms with Gasteiger partial charge in [0.1, 0.15) is 0 Å². The number of hydrogen-bond acceptors (Lipinski definition) is 3. The van der Waals surface area contributed by atoms with Crippen molar-refractivity contribution in [3.8, 4) is 0 Å². The Balaban J connectivity index is 2.26. The van der Waals surface area contributed by atoms with E-state index >= 15 is 0 Å². The van der Waals surface area contributed by atoms with Gasteiger partial charge in [0, 0.05) is 37.4 Å². The highest BCUT2D eigenvalue weighted by molar-refractivity contribution is 5.15. The van der Waals surface area contributed by atoms with Crippen LogP contribution >= 0.6 is 0 Å². The van der Waals surface area contributed by atoms with Crippen molar-refractivity contribution in [1.29, 1.82) is 0 Å². The van der Waals surface area contributed by atoms with E-state index in [0.717, 1.165) is 19.6 Å². The minimum atomic E-state index is 0.492. The van der Waals surface area contributed by atoms with Crippen molar-refractivity contribution >= 4 is 0 Å². The Morgan fingerprint density at radius 3 is 2.81 bits per heavy atom. The van der Waals surface area contributed by atoms with E-state index in [9.17, 15) is 0 Å². The third-order valence-corrected chi connectivity index (χ3v) is 2.86. The number of rotatable bonds is 7. The van der Waals surface area contributed by atoms with Gasteiger partial charge in [-0.2, -0.15) is 5.10 Å². The summed E-state index contributed by atoms with van der Waals surface area (Å²) in [6.07, 6.45) is 3.13. The Morgan fingerprint density at radius 1 is 1.50 bits per heavy atom. The molecular weight excluding hydrogens is 200 g/mol. The Labute approximate surface area is 98.4 Å². The van der Waals surface area contributed by atoms with Crippen LogP contribution in [0.2, 0.25) is 0 Å². The van der Waals surface area contributed by atoms with E-state index in [4.69, 9.17) is 0 Å². The van der Waals surface area contributed by atoms with E-state index in [1.807, 2.05) is 17.9 Å².